The van der Waals surface area contributed by atoms with Crippen molar-refractivity contribution >= 4 is 0 Å². The van der Waals surface area contributed by atoms with Gasteiger partial charge >= 0.3 is 0 Å². The number of hydrogen-bond donors (Lipinski definition) is 1. The Morgan fingerprint density at radius 3 is 2.16 bits per heavy atom. The number of hydrogen-bond acceptors (Lipinski definition) is 1. The topological polar surface area (TPSA) is 12.0 Å². The average Bonchev–Trinajstić information content (AvgIpc) is 2.37. The lowest BCUT2D eigenvalue weighted by Gasteiger charge is -2.10. The first kappa shape index (κ1) is 13.5. The second-order valence-corrected chi connectivity index (χ2v) is 4.09. The van der Waals surface area contributed by atoms with Crippen LogP contribution in [0, 0.1) is 23.3 Å². The molecule has 1 N–H and O–H groups in total. The molecule has 0 aliphatic carbocycles. The minimum atomic E-state index is -1.53. The fourth-order valence-electron chi connectivity index (χ4n) is 1.87. The second-order valence-electron chi connectivity index (χ2n) is 4.09. The first-order valence-electron chi connectivity index (χ1n) is 5.61. The number of rotatable bonds is 3. The predicted octanol–water partition coefficient (Wildman–Crippen LogP) is 3.63. The van der Waals surface area contributed by atoms with Crippen LogP contribution < -0.4 is 5.32 Å². The Kier molecular flexibility index (Phi) is 3.85. The Hall–Kier alpha value is -1.88. The van der Waals surface area contributed by atoms with E-state index in [1.807, 2.05) is 0 Å². The Labute approximate surface area is 107 Å². The van der Waals surface area contributed by atoms with Crippen LogP contribution in [0.1, 0.15) is 5.56 Å². The molecule has 2 aromatic carbocycles. The molecule has 0 atom stereocenters. The van der Waals surface area contributed by atoms with Crippen LogP contribution >= 0.6 is 0 Å². The number of halogens is 4. The van der Waals surface area contributed by atoms with Gasteiger partial charge in [0.1, 0.15) is 5.82 Å². The number of benzene rings is 2. The van der Waals surface area contributed by atoms with Gasteiger partial charge in [-0.15, -0.1) is 0 Å². The van der Waals surface area contributed by atoms with Crippen molar-refractivity contribution in [2.24, 2.45) is 0 Å². The highest BCUT2D eigenvalue weighted by molar-refractivity contribution is 5.67. The lowest BCUT2D eigenvalue weighted by Crippen LogP contribution is -2.07. The standard InChI is InChI=1S/C14H11F4N/c1-19-7-8-2-3-10(15)6-11(8)9-4-12(16)14(18)13(17)5-9/h2-6,19H,7H2,1H3. The van der Waals surface area contributed by atoms with Crippen LogP contribution in [0.25, 0.3) is 11.1 Å². The molecule has 0 aromatic heterocycles. The van der Waals surface area contributed by atoms with E-state index in [4.69, 9.17) is 0 Å². The van der Waals surface area contributed by atoms with Crippen molar-refractivity contribution in [3.05, 3.63) is 59.2 Å². The fourth-order valence-corrected chi connectivity index (χ4v) is 1.87. The summed E-state index contributed by atoms with van der Waals surface area (Å²) >= 11 is 0. The highest BCUT2D eigenvalue weighted by Crippen LogP contribution is 2.27. The lowest BCUT2D eigenvalue weighted by molar-refractivity contribution is 0.447. The summed E-state index contributed by atoms with van der Waals surface area (Å²) in [6.07, 6.45) is 0. The first-order chi connectivity index (χ1) is 9.02. The summed E-state index contributed by atoms with van der Waals surface area (Å²) in [5.74, 6) is -4.65. The fraction of sp³-hybridized carbons (Fsp3) is 0.143. The highest BCUT2D eigenvalue weighted by Gasteiger charge is 2.14. The van der Waals surface area contributed by atoms with Crippen molar-refractivity contribution in [1.29, 1.82) is 0 Å². The summed E-state index contributed by atoms with van der Waals surface area (Å²) in [4.78, 5) is 0. The largest absolute Gasteiger partial charge is 0.316 e. The molecule has 0 amide bonds. The Morgan fingerprint density at radius 2 is 1.58 bits per heavy atom. The summed E-state index contributed by atoms with van der Waals surface area (Å²) in [6.45, 7) is 0.399. The number of nitrogens with one attached hydrogen (secondary N) is 1. The minimum absolute atomic E-state index is 0.0983. The van der Waals surface area contributed by atoms with Gasteiger partial charge in [-0.3, -0.25) is 0 Å². The second kappa shape index (κ2) is 5.40. The van der Waals surface area contributed by atoms with Crippen LogP contribution in [-0.2, 0) is 6.54 Å². The van der Waals surface area contributed by atoms with E-state index in [1.54, 1.807) is 7.05 Å². The summed E-state index contributed by atoms with van der Waals surface area (Å²) in [5, 5.41) is 2.87. The van der Waals surface area contributed by atoms with Gasteiger partial charge in [0.05, 0.1) is 0 Å². The zero-order chi connectivity index (χ0) is 14.0. The summed E-state index contributed by atoms with van der Waals surface area (Å²) in [7, 11) is 1.69. The molecular formula is C14H11F4N. The monoisotopic (exact) mass is 269 g/mol. The third-order valence-corrected chi connectivity index (χ3v) is 2.73. The molecule has 0 spiro atoms. The van der Waals surface area contributed by atoms with Crippen LogP contribution in [0.4, 0.5) is 17.6 Å². The summed E-state index contributed by atoms with van der Waals surface area (Å²) in [5.41, 5.74) is 1.09. The first-order valence-corrected chi connectivity index (χ1v) is 5.61. The van der Waals surface area contributed by atoms with E-state index in [0.29, 0.717) is 17.7 Å². The Morgan fingerprint density at radius 1 is 0.947 bits per heavy atom. The molecule has 1 nitrogen and oxygen atoms in total. The van der Waals surface area contributed by atoms with Crippen molar-refractivity contribution in [2.45, 2.75) is 6.54 Å². The summed E-state index contributed by atoms with van der Waals surface area (Å²) in [6, 6.07) is 5.64. The Bertz CT molecular complexity index is 587. The average molecular weight is 269 g/mol. The molecule has 100 valence electrons. The van der Waals surface area contributed by atoms with Gasteiger partial charge in [0.2, 0.25) is 0 Å². The van der Waals surface area contributed by atoms with Crippen LogP contribution in [0.3, 0.4) is 0 Å². The Balaban J connectivity index is 2.60. The van der Waals surface area contributed by atoms with Crippen molar-refractivity contribution in [1.82, 2.24) is 5.32 Å². The molecule has 0 unspecified atom stereocenters. The van der Waals surface area contributed by atoms with E-state index in [-0.39, 0.29) is 5.56 Å². The molecule has 0 bridgehead atoms. The molecule has 0 radical (unpaired) electrons. The maximum Gasteiger partial charge on any atom is 0.194 e. The third kappa shape index (κ3) is 2.76. The van der Waals surface area contributed by atoms with Gasteiger partial charge in [-0.05, 0) is 48.0 Å². The van der Waals surface area contributed by atoms with E-state index in [9.17, 15) is 17.6 Å². The molecule has 0 aliphatic heterocycles. The van der Waals surface area contributed by atoms with E-state index >= 15 is 0 Å². The molecule has 0 saturated heterocycles. The molecule has 0 saturated carbocycles. The molecule has 19 heavy (non-hydrogen) atoms. The van der Waals surface area contributed by atoms with E-state index in [1.165, 1.54) is 18.2 Å². The minimum Gasteiger partial charge on any atom is -0.316 e. The van der Waals surface area contributed by atoms with Crippen molar-refractivity contribution < 1.29 is 17.6 Å². The molecule has 2 aromatic rings. The molecule has 0 fully saturated rings. The van der Waals surface area contributed by atoms with Gasteiger partial charge < -0.3 is 5.32 Å². The van der Waals surface area contributed by atoms with E-state index in [0.717, 1.165) is 12.1 Å². The molecular weight excluding hydrogens is 258 g/mol. The highest BCUT2D eigenvalue weighted by atomic mass is 19.2. The quantitative estimate of drug-likeness (QED) is 0.662. The SMILES string of the molecule is CNCc1ccc(F)cc1-c1cc(F)c(F)c(F)c1. The van der Waals surface area contributed by atoms with Crippen LogP contribution in [0.5, 0.6) is 0 Å². The van der Waals surface area contributed by atoms with Crippen LogP contribution in [0.2, 0.25) is 0 Å². The van der Waals surface area contributed by atoms with Gasteiger partial charge in [-0.1, -0.05) is 6.07 Å². The van der Waals surface area contributed by atoms with Gasteiger partial charge in [0, 0.05) is 6.54 Å². The molecule has 5 heteroatoms. The normalized spacial score (nSPS) is 10.8. The maximum atomic E-state index is 13.3. The van der Waals surface area contributed by atoms with Crippen molar-refractivity contribution in [2.75, 3.05) is 7.05 Å². The van der Waals surface area contributed by atoms with Gasteiger partial charge in [0.25, 0.3) is 0 Å². The van der Waals surface area contributed by atoms with Crippen LogP contribution in [-0.4, -0.2) is 7.05 Å². The smallest absolute Gasteiger partial charge is 0.194 e. The van der Waals surface area contributed by atoms with Crippen LogP contribution in [0.15, 0.2) is 30.3 Å². The zero-order valence-electron chi connectivity index (χ0n) is 10.1. The van der Waals surface area contributed by atoms with Gasteiger partial charge in [-0.2, -0.15) is 0 Å². The van der Waals surface area contributed by atoms with Gasteiger partial charge in [-0.25, -0.2) is 17.6 Å². The lowest BCUT2D eigenvalue weighted by atomic mass is 9.99. The molecule has 0 heterocycles. The maximum absolute atomic E-state index is 13.3. The zero-order valence-corrected chi connectivity index (χ0v) is 10.1. The molecule has 2 rings (SSSR count). The van der Waals surface area contributed by atoms with Crippen molar-refractivity contribution in [3.63, 3.8) is 0 Å². The predicted molar refractivity (Wildman–Crippen MR) is 64.5 cm³/mol. The van der Waals surface area contributed by atoms with E-state index < -0.39 is 23.3 Å². The third-order valence-electron chi connectivity index (χ3n) is 2.73. The van der Waals surface area contributed by atoms with Crippen molar-refractivity contribution in [3.8, 4) is 11.1 Å². The summed E-state index contributed by atoms with van der Waals surface area (Å²) < 4.78 is 52.6. The van der Waals surface area contributed by atoms with E-state index in [2.05, 4.69) is 5.32 Å². The molecule has 0 aliphatic rings. The van der Waals surface area contributed by atoms with Gasteiger partial charge in [0.15, 0.2) is 17.5 Å².